The van der Waals surface area contributed by atoms with Crippen LogP contribution in [0, 0.1) is 0 Å². The predicted octanol–water partition coefficient (Wildman–Crippen LogP) is 2.57. The van der Waals surface area contributed by atoms with Crippen molar-refractivity contribution in [3.63, 3.8) is 0 Å². The van der Waals surface area contributed by atoms with E-state index in [1.54, 1.807) is 0 Å². The van der Waals surface area contributed by atoms with E-state index in [-0.39, 0.29) is 5.91 Å². The van der Waals surface area contributed by atoms with Crippen LogP contribution in [0.2, 0.25) is 0 Å². The molecule has 0 fully saturated rings. The highest BCUT2D eigenvalue weighted by Gasteiger charge is 2.29. The normalized spacial score (nSPS) is 19.7. The molecule has 0 saturated carbocycles. The topological polar surface area (TPSA) is 38.3 Å². The first-order valence-electron chi connectivity index (χ1n) is 7.33. The van der Waals surface area contributed by atoms with Crippen molar-refractivity contribution in [3.05, 3.63) is 28.8 Å². The minimum atomic E-state index is 0.146. The minimum Gasteiger partial charge on any atom is -0.493 e. The second kappa shape index (κ2) is 5.24. The summed E-state index contributed by atoms with van der Waals surface area (Å²) in [7, 11) is 0. The number of fused-ring (bicyclic) bond motifs is 3. The molecule has 2 aliphatic rings. The van der Waals surface area contributed by atoms with Gasteiger partial charge in [0, 0.05) is 24.9 Å². The van der Waals surface area contributed by atoms with Crippen molar-refractivity contribution < 1.29 is 9.53 Å². The predicted molar refractivity (Wildman–Crippen MR) is 74.6 cm³/mol. The van der Waals surface area contributed by atoms with Gasteiger partial charge in [0.25, 0.3) is 0 Å². The average Bonchev–Trinajstić information content (AvgIpc) is 3.03. The molecular formula is C16H21NO2. The summed E-state index contributed by atoms with van der Waals surface area (Å²) in [6.07, 6.45) is 4.98. The molecule has 0 spiro atoms. The van der Waals surface area contributed by atoms with Crippen LogP contribution < -0.4 is 10.1 Å². The molecule has 0 unspecified atom stereocenters. The van der Waals surface area contributed by atoms with Gasteiger partial charge in [-0.3, -0.25) is 4.79 Å². The molecule has 1 aromatic carbocycles. The van der Waals surface area contributed by atoms with Gasteiger partial charge in [0.15, 0.2) is 0 Å². The van der Waals surface area contributed by atoms with Crippen molar-refractivity contribution in [1.82, 2.24) is 5.32 Å². The van der Waals surface area contributed by atoms with Gasteiger partial charge in [0.2, 0.25) is 5.91 Å². The first-order valence-corrected chi connectivity index (χ1v) is 7.33. The smallest absolute Gasteiger partial charge is 0.219 e. The first-order chi connectivity index (χ1) is 9.29. The summed E-state index contributed by atoms with van der Waals surface area (Å²) in [5.41, 5.74) is 4.25. The molecule has 0 saturated heterocycles. The molecule has 1 heterocycles. The molecule has 1 amide bonds. The molecule has 1 atom stereocenters. The van der Waals surface area contributed by atoms with E-state index >= 15 is 0 Å². The SMILES string of the molecule is CCC(=O)NCC[C@@H]1CCc2ccc3c(c21)OCC3. The molecule has 102 valence electrons. The Hall–Kier alpha value is -1.51. The third kappa shape index (κ3) is 2.34. The van der Waals surface area contributed by atoms with Crippen LogP contribution in [-0.2, 0) is 17.6 Å². The Bertz CT molecular complexity index is 496. The lowest BCUT2D eigenvalue weighted by molar-refractivity contribution is -0.120. The molecule has 1 aliphatic heterocycles. The highest BCUT2D eigenvalue weighted by molar-refractivity contribution is 5.75. The molecule has 0 aromatic heterocycles. The summed E-state index contributed by atoms with van der Waals surface area (Å²) in [5, 5.41) is 2.98. The van der Waals surface area contributed by atoms with Gasteiger partial charge in [0.05, 0.1) is 6.61 Å². The van der Waals surface area contributed by atoms with E-state index < -0.39 is 0 Å². The fourth-order valence-corrected chi connectivity index (χ4v) is 3.25. The number of carbonyl (C=O) groups is 1. The highest BCUT2D eigenvalue weighted by Crippen LogP contribution is 2.44. The van der Waals surface area contributed by atoms with Crippen molar-refractivity contribution in [1.29, 1.82) is 0 Å². The molecule has 3 nitrogen and oxygen atoms in total. The largest absolute Gasteiger partial charge is 0.493 e. The Morgan fingerprint density at radius 1 is 1.37 bits per heavy atom. The van der Waals surface area contributed by atoms with E-state index in [1.807, 2.05) is 6.92 Å². The molecule has 3 rings (SSSR count). The van der Waals surface area contributed by atoms with Crippen LogP contribution in [0.25, 0.3) is 0 Å². The number of hydrogen-bond donors (Lipinski definition) is 1. The number of nitrogens with one attached hydrogen (secondary N) is 1. The van der Waals surface area contributed by atoms with Crippen LogP contribution in [-0.4, -0.2) is 19.1 Å². The van der Waals surface area contributed by atoms with Gasteiger partial charge in [0.1, 0.15) is 5.75 Å². The second-order valence-electron chi connectivity index (χ2n) is 5.45. The van der Waals surface area contributed by atoms with Gasteiger partial charge in [-0.05, 0) is 36.3 Å². The first kappa shape index (κ1) is 12.5. The van der Waals surface area contributed by atoms with Gasteiger partial charge in [-0.25, -0.2) is 0 Å². The van der Waals surface area contributed by atoms with E-state index in [2.05, 4.69) is 17.4 Å². The number of carbonyl (C=O) groups excluding carboxylic acids is 1. The lowest BCUT2D eigenvalue weighted by Gasteiger charge is -2.15. The number of amides is 1. The molecule has 0 bridgehead atoms. The van der Waals surface area contributed by atoms with E-state index in [0.29, 0.717) is 12.3 Å². The summed E-state index contributed by atoms with van der Waals surface area (Å²) in [5.74, 6) is 1.86. The molecule has 19 heavy (non-hydrogen) atoms. The van der Waals surface area contributed by atoms with Crippen molar-refractivity contribution in [3.8, 4) is 5.75 Å². The summed E-state index contributed by atoms with van der Waals surface area (Å²) in [6, 6.07) is 4.50. The summed E-state index contributed by atoms with van der Waals surface area (Å²) >= 11 is 0. The third-order valence-electron chi connectivity index (χ3n) is 4.29. The minimum absolute atomic E-state index is 0.146. The van der Waals surface area contributed by atoms with Crippen LogP contribution in [0.4, 0.5) is 0 Å². The lowest BCUT2D eigenvalue weighted by atomic mass is 9.95. The molecule has 3 heteroatoms. The summed E-state index contributed by atoms with van der Waals surface area (Å²) in [6.45, 7) is 3.49. The lowest BCUT2D eigenvalue weighted by Crippen LogP contribution is -2.24. The van der Waals surface area contributed by atoms with Crippen molar-refractivity contribution in [2.75, 3.05) is 13.2 Å². The molecule has 1 aliphatic carbocycles. The van der Waals surface area contributed by atoms with Crippen molar-refractivity contribution >= 4 is 5.91 Å². The Morgan fingerprint density at radius 2 is 2.21 bits per heavy atom. The maximum absolute atomic E-state index is 11.3. The maximum atomic E-state index is 11.3. The summed E-state index contributed by atoms with van der Waals surface area (Å²) < 4.78 is 5.83. The van der Waals surface area contributed by atoms with Crippen LogP contribution in [0.15, 0.2) is 12.1 Å². The Morgan fingerprint density at radius 3 is 3.05 bits per heavy atom. The second-order valence-corrected chi connectivity index (χ2v) is 5.45. The van der Waals surface area contributed by atoms with Gasteiger partial charge < -0.3 is 10.1 Å². The Kier molecular flexibility index (Phi) is 3.45. The molecule has 0 radical (unpaired) electrons. The van der Waals surface area contributed by atoms with E-state index in [1.165, 1.54) is 23.1 Å². The number of benzene rings is 1. The maximum Gasteiger partial charge on any atom is 0.219 e. The number of rotatable bonds is 4. The standard InChI is InChI=1S/C16H21NO2/c1-2-14(18)17-9-7-12-4-3-11-5-6-13-8-10-19-16(13)15(11)12/h5-6,12H,2-4,7-10H2,1H3,(H,17,18)/t12-/m0/s1. The van der Waals surface area contributed by atoms with Crippen molar-refractivity contribution in [2.24, 2.45) is 0 Å². The van der Waals surface area contributed by atoms with Crippen molar-refractivity contribution in [2.45, 2.75) is 44.9 Å². The molecule has 1 aromatic rings. The fraction of sp³-hybridized carbons (Fsp3) is 0.562. The van der Waals surface area contributed by atoms with Crippen LogP contribution in [0.5, 0.6) is 5.75 Å². The van der Waals surface area contributed by atoms with Gasteiger partial charge >= 0.3 is 0 Å². The zero-order valence-electron chi connectivity index (χ0n) is 11.5. The number of hydrogen-bond acceptors (Lipinski definition) is 2. The van der Waals surface area contributed by atoms with E-state index in [9.17, 15) is 4.79 Å². The third-order valence-corrected chi connectivity index (χ3v) is 4.29. The fourth-order valence-electron chi connectivity index (χ4n) is 3.25. The van der Waals surface area contributed by atoms with Gasteiger partial charge in [-0.15, -0.1) is 0 Å². The monoisotopic (exact) mass is 259 g/mol. The molecule has 1 N–H and O–H groups in total. The van der Waals surface area contributed by atoms with Crippen LogP contribution in [0.3, 0.4) is 0 Å². The number of aryl methyl sites for hydroxylation is 1. The molecular weight excluding hydrogens is 238 g/mol. The Balaban J connectivity index is 1.71. The van der Waals surface area contributed by atoms with Crippen LogP contribution in [0.1, 0.15) is 48.8 Å². The Labute approximate surface area is 114 Å². The average molecular weight is 259 g/mol. The van der Waals surface area contributed by atoms with Crippen LogP contribution >= 0.6 is 0 Å². The number of ether oxygens (including phenoxy) is 1. The van der Waals surface area contributed by atoms with Gasteiger partial charge in [-0.1, -0.05) is 19.1 Å². The quantitative estimate of drug-likeness (QED) is 0.902. The zero-order chi connectivity index (χ0) is 13.2. The van der Waals surface area contributed by atoms with E-state index in [0.717, 1.165) is 38.2 Å². The van der Waals surface area contributed by atoms with Gasteiger partial charge in [-0.2, -0.15) is 0 Å². The zero-order valence-corrected chi connectivity index (χ0v) is 11.5. The van der Waals surface area contributed by atoms with E-state index in [4.69, 9.17) is 4.74 Å². The summed E-state index contributed by atoms with van der Waals surface area (Å²) in [4.78, 5) is 11.3. The highest BCUT2D eigenvalue weighted by atomic mass is 16.5.